The van der Waals surface area contributed by atoms with Crippen LogP contribution in [0.25, 0.3) is 54.3 Å². The maximum Gasteiger partial charge on any atom is 0.173 e. The molecule has 7 heteroatoms. The van der Waals surface area contributed by atoms with Crippen molar-refractivity contribution in [2.75, 3.05) is 0 Å². The van der Waals surface area contributed by atoms with Crippen molar-refractivity contribution in [2.45, 2.75) is 9.79 Å². The van der Waals surface area contributed by atoms with E-state index in [-0.39, 0.29) is 0 Å². The molecule has 8 aromatic rings. The van der Waals surface area contributed by atoms with Gasteiger partial charge in [0, 0.05) is 62.6 Å². The molecule has 46 heavy (non-hydrogen) atoms. The Kier molecular flexibility index (Phi) is 6.49. The van der Waals surface area contributed by atoms with Crippen molar-refractivity contribution in [3.8, 4) is 34.2 Å². The lowest BCUT2D eigenvalue weighted by molar-refractivity contribution is 0.592. The Balaban J connectivity index is 1.22. The van der Waals surface area contributed by atoms with Gasteiger partial charge < -0.3 is 4.57 Å². The van der Waals surface area contributed by atoms with Crippen molar-refractivity contribution in [1.82, 2.24) is 15.0 Å². The first-order chi connectivity index (χ1) is 22.6. The molecule has 4 nitrogen and oxygen atoms in total. The SMILES string of the molecule is O=P1(c2ccccc2)c2ccccc2Sc2cc3c(cc21)sc1cc(-c2nc(-c4ccccc4)nc(-c4ccccc4)n2)ccc13. The highest BCUT2D eigenvalue weighted by molar-refractivity contribution is 8.02. The summed E-state index contributed by atoms with van der Waals surface area (Å²) < 4.78 is 17.5. The maximum absolute atomic E-state index is 15.2. The summed E-state index contributed by atoms with van der Waals surface area (Å²) in [6.07, 6.45) is 0. The maximum atomic E-state index is 15.2. The van der Waals surface area contributed by atoms with Gasteiger partial charge in [0.15, 0.2) is 24.6 Å². The minimum atomic E-state index is -3.06. The van der Waals surface area contributed by atoms with Crippen molar-refractivity contribution in [2.24, 2.45) is 0 Å². The van der Waals surface area contributed by atoms with E-state index in [1.165, 1.54) is 10.8 Å². The molecule has 218 valence electrons. The number of hydrogen-bond donors (Lipinski definition) is 0. The first-order valence-electron chi connectivity index (χ1n) is 15.0. The summed E-state index contributed by atoms with van der Waals surface area (Å²) in [6, 6.07) is 49.0. The van der Waals surface area contributed by atoms with E-state index >= 15 is 4.57 Å². The molecule has 1 aliphatic rings. The molecule has 0 bridgehead atoms. The van der Waals surface area contributed by atoms with E-state index in [0.29, 0.717) is 17.5 Å². The van der Waals surface area contributed by atoms with E-state index in [9.17, 15) is 0 Å². The van der Waals surface area contributed by atoms with Gasteiger partial charge in [0.05, 0.1) is 0 Å². The highest BCUT2D eigenvalue weighted by atomic mass is 32.2. The van der Waals surface area contributed by atoms with Crippen LogP contribution in [0, 0.1) is 0 Å². The van der Waals surface area contributed by atoms with Crippen molar-refractivity contribution in [3.63, 3.8) is 0 Å². The number of hydrogen-bond acceptors (Lipinski definition) is 6. The quantitative estimate of drug-likeness (QED) is 0.179. The molecule has 0 amide bonds. The molecule has 0 saturated carbocycles. The monoisotopic (exact) mass is 645 g/mol. The summed E-state index contributed by atoms with van der Waals surface area (Å²) in [7, 11) is -3.06. The third-order valence-corrected chi connectivity index (χ3v) is 14.1. The Labute approximate surface area is 274 Å². The van der Waals surface area contributed by atoms with E-state index in [1.807, 2.05) is 109 Å². The van der Waals surface area contributed by atoms with Crippen LogP contribution in [-0.4, -0.2) is 15.0 Å². The second-order valence-electron chi connectivity index (χ2n) is 11.2. The molecule has 3 heterocycles. The average Bonchev–Trinajstić information content (AvgIpc) is 3.49. The van der Waals surface area contributed by atoms with E-state index in [1.54, 1.807) is 23.1 Å². The van der Waals surface area contributed by atoms with Crippen molar-refractivity contribution >= 4 is 66.3 Å². The first kappa shape index (κ1) is 27.4. The Hall–Kier alpha value is -4.87. The smallest absolute Gasteiger partial charge is 0.173 e. The standard InChI is InChI=1S/C39H24N3OPS2/c43-44(28-16-8-3-9-17-28)31-18-10-11-19-33(31)45-36-23-30-29-21-20-27(22-34(29)46-35(30)24-32(36)44)39-41-37(25-12-4-1-5-13-25)40-38(42-39)26-14-6-2-7-15-26/h1-24H. The predicted octanol–water partition coefficient (Wildman–Crippen LogP) is 9.34. The summed E-state index contributed by atoms with van der Waals surface area (Å²) >= 11 is 3.43. The molecular formula is C39H24N3OPS2. The molecule has 0 fully saturated rings. The van der Waals surface area contributed by atoms with E-state index in [0.717, 1.165) is 51.8 Å². The fourth-order valence-electron chi connectivity index (χ4n) is 6.16. The Morgan fingerprint density at radius 3 is 1.70 bits per heavy atom. The zero-order valence-electron chi connectivity index (χ0n) is 24.4. The Bertz CT molecular complexity index is 2420. The lowest BCUT2D eigenvalue weighted by atomic mass is 10.1. The summed E-state index contributed by atoms with van der Waals surface area (Å²) in [6.45, 7) is 0. The topological polar surface area (TPSA) is 55.7 Å². The number of rotatable bonds is 4. The second-order valence-corrected chi connectivity index (χ2v) is 16.0. The highest BCUT2D eigenvalue weighted by Gasteiger charge is 2.38. The van der Waals surface area contributed by atoms with Crippen molar-refractivity contribution in [3.05, 3.63) is 146 Å². The van der Waals surface area contributed by atoms with Crippen LogP contribution in [0.3, 0.4) is 0 Å². The molecule has 0 aliphatic carbocycles. The van der Waals surface area contributed by atoms with Gasteiger partial charge in [0.2, 0.25) is 0 Å². The van der Waals surface area contributed by atoms with Gasteiger partial charge in [0.1, 0.15) is 0 Å². The van der Waals surface area contributed by atoms with E-state index < -0.39 is 7.14 Å². The molecule has 1 aliphatic heterocycles. The minimum absolute atomic E-state index is 0.631. The normalized spacial score (nSPS) is 15.5. The summed E-state index contributed by atoms with van der Waals surface area (Å²) in [4.78, 5) is 16.8. The largest absolute Gasteiger partial charge is 0.309 e. The molecule has 1 unspecified atom stereocenters. The summed E-state index contributed by atoms with van der Waals surface area (Å²) in [5, 5.41) is 5.03. The molecule has 0 radical (unpaired) electrons. The lowest BCUT2D eigenvalue weighted by Crippen LogP contribution is -2.30. The van der Waals surface area contributed by atoms with E-state index in [4.69, 9.17) is 15.0 Å². The molecule has 6 aromatic carbocycles. The number of benzene rings is 6. The first-order valence-corrected chi connectivity index (χ1v) is 18.3. The Morgan fingerprint density at radius 2 is 1.02 bits per heavy atom. The van der Waals surface area contributed by atoms with Crippen LogP contribution in [-0.2, 0) is 4.57 Å². The van der Waals surface area contributed by atoms with Crippen molar-refractivity contribution < 1.29 is 4.57 Å². The van der Waals surface area contributed by atoms with Crippen LogP contribution in [0.4, 0.5) is 0 Å². The van der Waals surface area contributed by atoms with Gasteiger partial charge >= 0.3 is 0 Å². The van der Waals surface area contributed by atoms with Crippen LogP contribution in [0.5, 0.6) is 0 Å². The van der Waals surface area contributed by atoms with Gasteiger partial charge in [-0.2, -0.15) is 0 Å². The second kappa shape index (κ2) is 10.9. The van der Waals surface area contributed by atoms with Crippen molar-refractivity contribution in [1.29, 1.82) is 0 Å². The number of aromatic nitrogens is 3. The van der Waals surface area contributed by atoms with E-state index in [2.05, 4.69) is 36.4 Å². The molecule has 0 N–H and O–H groups in total. The van der Waals surface area contributed by atoms with Crippen LogP contribution in [0.2, 0.25) is 0 Å². The lowest BCUT2D eigenvalue weighted by Gasteiger charge is -2.28. The zero-order chi connectivity index (χ0) is 30.7. The average molecular weight is 646 g/mol. The van der Waals surface area contributed by atoms with Gasteiger partial charge in [0.25, 0.3) is 0 Å². The fourth-order valence-corrected chi connectivity index (χ4v) is 12.1. The minimum Gasteiger partial charge on any atom is -0.309 e. The highest BCUT2D eigenvalue weighted by Crippen LogP contribution is 2.53. The molecular weight excluding hydrogens is 622 g/mol. The number of nitrogens with zero attached hydrogens (tertiary/aromatic N) is 3. The van der Waals surface area contributed by atoms with Gasteiger partial charge in [-0.05, 0) is 30.3 Å². The molecule has 0 saturated heterocycles. The zero-order valence-corrected chi connectivity index (χ0v) is 26.9. The Morgan fingerprint density at radius 1 is 0.457 bits per heavy atom. The third-order valence-electron chi connectivity index (χ3n) is 8.39. The fraction of sp³-hybridized carbons (Fsp3) is 0. The van der Waals surface area contributed by atoms with Crippen LogP contribution in [0.1, 0.15) is 0 Å². The summed E-state index contributed by atoms with van der Waals surface area (Å²) in [5.41, 5.74) is 2.81. The predicted molar refractivity (Wildman–Crippen MR) is 193 cm³/mol. The van der Waals surface area contributed by atoms with Crippen LogP contribution >= 0.6 is 30.2 Å². The third kappa shape index (κ3) is 4.45. The number of thiophene rings is 1. The van der Waals surface area contributed by atoms with Gasteiger partial charge in [-0.15, -0.1) is 11.3 Å². The van der Waals surface area contributed by atoms with Gasteiger partial charge in [-0.25, -0.2) is 15.0 Å². The summed E-state index contributed by atoms with van der Waals surface area (Å²) in [5.74, 6) is 1.91. The van der Waals surface area contributed by atoms with Crippen LogP contribution < -0.4 is 15.9 Å². The number of fused-ring (bicyclic) bond motifs is 5. The molecule has 0 spiro atoms. The van der Waals surface area contributed by atoms with Gasteiger partial charge in [-0.1, -0.05) is 127 Å². The van der Waals surface area contributed by atoms with Gasteiger partial charge in [-0.3, -0.25) is 0 Å². The molecule has 2 aromatic heterocycles. The van der Waals surface area contributed by atoms with Crippen LogP contribution in [0.15, 0.2) is 155 Å². The molecule has 1 atom stereocenters. The molecule has 9 rings (SSSR count).